The number of fused-ring (bicyclic) bond motifs is 1. The zero-order valence-corrected chi connectivity index (χ0v) is 18.5. The molecule has 4 heterocycles. The number of carbonyl (C=O) groups excluding carboxylic acids is 1. The summed E-state index contributed by atoms with van der Waals surface area (Å²) in [5.41, 5.74) is 5.14. The number of hydrogen-bond donors (Lipinski definition) is 1. The van der Waals surface area contributed by atoms with Gasteiger partial charge in [-0.25, -0.2) is 14.8 Å². The number of aromatic nitrogens is 3. The van der Waals surface area contributed by atoms with Gasteiger partial charge in [0, 0.05) is 48.8 Å². The van der Waals surface area contributed by atoms with Gasteiger partial charge in [-0.05, 0) is 49.7 Å². The summed E-state index contributed by atoms with van der Waals surface area (Å²) in [5, 5.41) is 3.02. The summed E-state index contributed by atoms with van der Waals surface area (Å²) in [6.07, 6.45) is 5.64. The fourth-order valence-corrected chi connectivity index (χ4v) is 3.99. The van der Waals surface area contributed by atoms with E-state index in [1.54, 1.807) is 17.3 Å². The molecule has 5 rings (SSSR count). The van der Waals surface area contributed by atoms with Crippen LogP contribution in [0.4, 0.5) is 22.0 Å². The van der Waals surface area contributed by atoms with Crippen molar-refractivity contribution in [2.24, 2.45) is 0 Å². The highest BCUT2D eigenvalue weighted by atomic mass is 16.3. The lowest BCUT2D eigenvalue weighted by Gasteiger charge is -2.24. The molecule has 0 bridgehead atoms. The van der Waals surface area contributed by atoms with Crippen LogP contribution in [-0.2, 0) is 0 Å². The maximum atomic E-state index is 13.4. The van der Waals surface area contributed by atoms with E-state index in [0.717, 1.165) is 41.2 Å². The molecule has 1 N–H and O–H groups in total. The van der Waals surface area contributed by atoms with Gasteiger partial charge in [0.15, 0.2) is 18.0 Å². The summed E-state index contributed by atoms with van der Waals surface area (Å²) in [6, 6.07) is 15.2. The van der Waals surface area contributed by atoms with Crippen molar-refractivity contribution in [2.75, 3.05) is 35.3 Å². The van der Waals surface area contributed by atoms with Crippen LogP contribution in [0.5, 0.6) is 0 Å². The SMILES string of the molecule is Cc1cc(-c2ccc3c(n2)N(C(=O)Nc2cccc(-c4cnco4)c2)CCCN3C)ccn1. The number of rotatable bonds is 3. The summed E-state index contributed by atoms with van der Waals surface area (Å²) in [7, 11) is 2.03. The first kappa shape index (κ1) is 20.7. The number of benzene rings is 1. The van der Waals surface area contributed by atoms with E-state index in [2.05, 4.69) is 20.2 Å². The molecule has 0 atom stereocenters. The van der Waals surface area contributed by atoms with Gasteiger partial charge in [0.25, 0.3) is 0 Å². The predicted octanol–water partition coefficient (Wildman–Crippen LogP) is 4.99. The molecule has 0 saturated heterocycles. The van der Waals surface area contributed by atoms with Crippen LogP contribution >= 0.6 is 0 Å². The molecule has 3 aromatic heterocycles. The number of nitrogens with one attached hydrogen (secondary N) is 1. The van der Waals surface area contributed by atoms with Crippen molar-refractivity contribution in [3.63, 3.8) is 0 Å². The van der Waals surface area contributed by atoms with Crippen molar-refractivity contribution in [1.29, 1.82) is 0 Å². The Balaban J connectivity index is 1.47. The Morgan fingerprint density at radius 1 is 1.09 bits per heavy atom. The molecule has 8 nitrogen and oxygen atoms in total. The normalized spacial score (nSPS) is 13.4. The third kappa shape index (κ3) is 4.27. The molecule has 0 spiro atoms. The van der Waals surface area contributed by atoms with Crippen LogP contribution in [0.3, 0.4) is 0 Å². The van der Waals surface area contributed by atoms with Gasteiger partial charge < -0.3 is 14.6 Å². The summed E-state index contributed by atoms with van der Waals surface area (Å²) < 4.78 is 5.38. The van der Waals surface area contributed by atoms with Crippen LogP contribution in [0, 0.1) is 6.92 Å². The first-order valence-corrected chi connectivity index (χ1v) is 10.8. The topological polar surface area (TPSA) is 87.4 Å². The Bertz CT molecular complexity index is 1290. The van der Waals surface area contributed by atoms with Gasteiger partial charge in [0.2, 0.25) is 0 Å². The Kier molecular flexibility index (Phi) is 5.48. The minimum Gasteiger partial charge on any atom is -0.444 e. The van der Waals surface area contributed by atoms with Crippen LogP contribution in [0.15, 0.2) is 71.7 Å². The highest BCUT2D eigenvalue weighted by molar-refractivity contribution is 6.03. The van der Waals surface area contributed by atoms with Crippen LogP contribution in [0.25, 0.3) is 22.6 Å². The van der Waals surface area contributed by atoms with Crippen molar-refractivity contribution in [3.8, 4) is 22.6 Å². The van der Waals surface area contributed by atoms with E-state index >= 15 is 0 Å². The van der Waals surface area contributed by atoms with Gasteiger partial charge in [0.05, 0.1) is 17.6 Å². The number of pyridine rings is 2. The first-order valence-electron chi connectivity index (χ1n) is 10.8. The summed E-state index contributed by atoms with van der Waals surface area (Å²) >= 11 is 0. The predicted molar refractivity (Wildman–Crippen MR) is 128 cm³/mol. The number of amides is 2. The van der Waals surface area contributed by atoms with Crippen LogP contribution in [0.2, 0.25) is 0 Å². The molecule has 2 amide bonds. The lowest BCUT2D eigenvalue weighted by molar-refractivity contribution is 0.257. The van der Waals surface area contributed by atoms with Gasteiger partial charge in [0.1, 0.15) is 0 Å². The highest BCUT2D eigenvalue weighted by Gasteiger charge is 2.26. The molecule has 1 aliphatic rings. The van der Waals surface area contributed by atoms with Gasteiger partial charge in [-0.15, -0.1) is 0 Å². The quantitative estimate of drug-likeness (QED) is 0.483. The molecule has 0 saturated carbocycles. The number of aryl methyl sites for hydroxylation is 1. The van der Waals surface area contributed by atoms with E-state index < -0.39 is 0 Å². The van der Waals surface area contributed by atoms with Crippen LogP contribution in [0.1, 0.15) is 12.1 Å². The van der Waals surface area contributed by atoms with Crippen LogP contribution < -0.4 is 15.1 Å². The molecule has 1 aromatic carbocycles. The van der Waals surface area contributed by atoms with E-state index in [-0.39, 0.29) is 6.03 Å². The van der Waals surface area contributed by atoms with Gasteiger partial charge in [-0.3, -0.25) is 9.88 Å². The second kappa shape index (κ2) is 8.74. The fourth-order valence-electron chi connectivity index (χ4n) is 3.99. The van der Waals surface area contributed by atoms with Crippen molar-refractivity contribution < 1.29 is 9.21 Å². The number of oxazole rings is 1. The zero-order valence-electron chi connectivity index (χ0n) is 18.5. The Morgan fingerprint density at radius 3 is 2.82 bits per heavy atom. The standard InChI is InChI=1S/C25H24N6O2/c1-17-13-18(9-10-27-17)21-7-8-22-24(29-21)31(12-4-11-30(22)2)25(32)28-20-6-3-5-19(14-20)23-15-26-16-33-23/h3,5-10,13-16H,4,11-12H2,1-2H3,(H,28,32). The minimum absolute atomic E-state index is 0.225. The maximum absolute atomic E-state index is 13.4. The first-order chi connectivity index (χ1) is 16.1. The third-order valence-corrected chi connectivity index (χ3v) is 5.66. The number of urea groups is 1. The monoisotopic (exact) mass is 440 g/mol. The largest absolute Gasteiger partial charge is 0.444 e. The van der Waals surface area contributed by atoms with Crippen molar-refractivity contribution >= 4 is 23.2 Å². The van der Waals surface area contributed by atoms with Crippen molar-refractivity contribution in [2.45, 2.75) is 13.3 Å². The fraction of sp³-hybridized carbons (Fsp3) is 0.200. The Hall–Kier alpha value is -4.20. The second-order valence-electron chi connectivity index (χ2n) is 8.03. The number of hydrogen-bond acceptors (Lipinski definition) is 6. The average molecular weight is 441 g/mol. The lowest BCUT2D eigenvalue weighted by Crippen LogP contribution is -2.36. The van der Waals surface area contributed by atoms with E-state index in [0.29, 0.717) is 23.8 Å². The van der Waals surface area contributed by atoms with E-state index in [1.807, 2.05) is 62.5 Å². The van der Waals surface area contributed by atoms with E-state index in [1.165, 1.54) is 6.39 Å². The zero-order chi connectivity index (χ0) is 22.8. The van der Waals surface area contributed by atoms with Gasteiger partial charge in [-0.2, -0.15) is 0 Å². The molecular formula is C25H24N6O2. The Labute approximate surface area is 191 Å². The number of carbonyl (C=O) groups is 1. The molecule has 1 aliphatic heterocycles. The Morgan fingerprint density at radius 2 is 2.00 bits per heavy atom. The molecule has 166 valence electrons. The molecule has 0 radical (unpaired) electrons. The summed E-state index contributed by atoms with van der Waals surface area (Å²) in [6.45, 7) is 3.36. The molecule has 0 unspecified atom stereocenters. The second-order valence-corrected chi connectivity index (χ2v) is 8.03. The lowest BCUT2D eigenvalue weighted by atomic mass is 10.1. The smallest absolute Gasteiger partial charge is 0.327 e. The van der Waals surface area contributed by atoms with Gasteiger partial charge in [-0.1, -0.05) is 12.1 Å². The number of anilines is 3. The highest BCUT2D eigenvalue weighted by Crippen LogP contribution is 2.33. The van der Waals surface area contributed by atoms with Crippen LogP contribution in [-0.4, -0.2) is 41.1 Å². The maximum Gasteiger partial charge on any atom is 0.327 e. The summed E-state index contributed by atoms with van der Waals surface area (Å²) in [5.74, 6) is 1.29. The molecule has 33 heavy (non-hydrogen) atoms. The third-order valence-electron chi connectivity index (χ3n) is 5.66. The molecular weight excluding hydrogens is 416 g/mol. The van der Waals surface area contributed by atoms with Crippen molar-refractivity contribution in [3.05, 3.63) is 73.0 Å². The molecule has 4 aromatic rings. The minimum atomic E-state index is -0.225. The van der Waals surface area contributed by atoms with Crippen molar-refractivity contribution in [1.82, 2.24) is 15.0 Å². The number of nitrogens with zero attached hydrogens (tertiary/aromatic N) is 5. The molecule has 8 heteroatoms. The average Bonchev–Trinajstić information content (AvgIpc) is 3.31. The molecule has 0 fully saturated rings. The van der Waals surface area contributed by atoms with E-state index in [9.17, 15) is 4.79 Å². The van der Waals surface area contributed by atoms with E-state index in [4.69, 9.17) is 9.40 Å². The molecule has 0 aliphatic carbocycles. The summed E-state index contributed by atoms with van der Waals surface area (Å²) in [4.78, 5) is 30.4. The van der Waals surface area contributed by atoms with Gasteiger partial charge >= 0.3 is 6.03 Å².